The van der Waals surface area contributed by atoms with Gasteiger partial charge in [-0.1, -0.05) is 30.1 Å². The van der Waals surface area contributed by atoms with E-state index in [4.69, 9.17) is 27.9 Å². The standard InChI is InChI=1S/C15H22Cl2N2O/c1-2-9-20-15-11-14(17)13(16)10-12(15)3-6-19-7-4-18-5-8-19/h10-11,18H,2-9H2,1H3. The summed E-state index contributed by atoms with van der Waals surface area (Å²) in [6.45, 7) is 8.18. The summed E-state index contributed by atoms with van der Waals surface area (Å²) in [4.78, 5) is 2.46. The SMILES string of the molecule is CCCOc1cc(Cl)c(Cl)cc1CCN1CCNCC1. The summed E-state index contributed by atoms with van der Waals surface area (Å²) in [5, 5.41) is 4.53. The second-order valence-corrected chi connectivity index (χ2v) is 5.88. The third kappa shape index (κ3) is 4.52. The zero-order chi connectivity index (χ0) is 14.4. The van der Waals surface area contributed by atoms with Gasteiger partial charge in [-0.15, -0.1) is 0 Å². The molecule has 1 aliphatic heterocycles. The van der Waals surface area contributed by atoms with Crippen molar-refractivity contribution in [2.24, 2.45) is 0 Å². The molecule has 0 atom stereocenters. The first-order chi connectivity index (χ1) is 9.70. The average Bonchev–Trinajstić information content (AvgIpc) is 2.47. The van der Waals surface area contributed by atoms with Gasteiger partial charge in [0.1, 0.15) is 5.75 Å². The summed E-state index contributed by atoms with van der Waals surface area (Å²) < 4.78 is 5.79. The van der Waals surface area contributed by atoms with E-state index in [-0.39, 0.29) is 0 Å². The van der Waals surface area contributed by atoms with Gasteiger partial charge in [0.25, 0.3) is 0 Å². The molecule has 3 nitrogen and oxygen atoms in total. The van der Waals surface area contributed by atoms with Crippen LogP contribution in [-0.4, -0.2) is 44.2 Å². The van der Waals surface area contributed by atoms with Crippen molar-refractivity contribution in [1.29, 1.82) is 0 Å². The molecule has 1 saturated heterocycles. The largest absolute Gasteiger partial charge is 0.493 e. The van der Waals surface area contributed by atoms with Crippen LogP contribution in [0, 0.1) is 0 Å². The van der Waals surface area contributed by atoms with E-state index in [1.54, 1.807) is 0 Å². The minimum Gasteiger partial charge on any atom is -0.493 e. The Hall–Kier alpha value is -0.480. The van der Waals surface area contributed by atoms with Crippen molar-refractivity contribution in [2.75, 3.05) is 39.3 Å². The lowest BCUT2D eigenvalue weighted by molar-refractivity contribution is 0.242. The van der Waals surface area contributed by atoms with Crippen molar-refractivity contribution in [2.45, 2.75) is 19.8 Å². The van der Waals surface area contributed by atoms with E-state index >= 15 is 0 Å². The maximum atomic E-state index is 6.13. The number of piperazine rings is 1. The lowest BCUT2D eigenvalue weighted by atomic mass is 10.1. The number of hydrogen-bond acceptors (Lipinski definition) is 3. The molecule has 1 heterocycles. The Labute approximate surface area is 131 Å². The van der Waals surface area contributed by atoms with E-state index < -0.39 is 0 Å². The first-order valence-corrected chi connectivity index (χ1v) is 8.00. The van der Waals surface area contributed by atoms with E-state index in [2.05, 4.69) is 17.1 Å². The van der Waals surface area contributed by atoms with Gasteiger partial charge in [-0.3, -0.25) is 0 Å². The number of rotatable bonds is 6. The maximum absolute atomic E-state index is 6.13. The van der Waals surface area contributed by atoms with Crippen molar-refractivity contribution >= 4 is 23.2 Å². The lowest BCUT2D eigenvalue weighted by Gasteiger charge is -2.27. The minimum atomic E-state index is 0.559. The molecule has 0 spiro atoms. The molecule has 0 amide bonds. The molecule has 2 rings (SSSR count). The van der Waals surface area contributed by atoms with E-state index in [0.717, 1.165) is 56.9 Å². The molecule has 20 heavy (non-hydrogen) atoms. The molecule has 1 aromatic rings. The van der Waals surface area contributed by atoms with Crippen LogP contribution in [0.4, 0.5) is 0 Å². The molecule has 0 aromatic heterocycles. The van der Waals surface area contributed by atoms with Crippen LogP contribution in [0.25, 0.3) is 0 Å². The third-order valence-electron chi connectivity index (χ3n) is 3.47. The second-order valence-electron chi connectivity index (χ2n) is 5.06. The molecule has 1 aliphatic rings. The molecule has 5 heteroatoms. The van der Waals surface area contributed by atoms with Crippen molar-refractivity contribution in [3.05, 3.63) is 27.7 Å². The summed E-state index contributed by atoms with van der Waals surface area (Å²) >= 11 is 12.2. The fraction of sp³-hybridized carbons (Fsp3) is 0.600. The molecule has 1 aromatic carbocycles. The molecule has 112 valence electrons. The Morgan fingerprint density at radius 1 is 1.20 bits per heavy atom. The van der Waals surface area contributed by atoms with Crippen LogP contribution in [0.5, 0.6) is 5.75 Å². The van der Waals surface area contributed by atoms with Gasteiger partial charge in [0, 0.05) is 38.8 Å². The number of halogens is 2. The number of nitrogens with one attached hydrogen (secondary N) is 1. The summed E-state index contributed by atoms with van der Waals surface area (Å²) in [6.07, 6.45) is 1.92. The monoisotopic (exact) mass is 316 g/mol. The van der Waals surface area contributed by atoms with Gasteiger partial charge in [0.15, 0.2) is 0 Å². The third-order valence-corrected chi connectivity index (χ3v) is 4.19. The zero-order valence-electron chi connectivity index (χ0n) is 11.9. The smallest absolute Gasteiger partial charge is 0.124 e. The Bertz CT molecular complexity index is 434. The van der Waals surface area contributed by atoms with Crippen LogP contribution in [-0.2, 0) is 6.42 Å². The van der Waals surface area contributed by atoms with Crippen molar-refractivity contribution in [3.8, 4) is 5.75 Å². The van der Waals surface area contributed by atoms with Crippen LogP contribution in [0.2, 0.25) is 10.0 Å². The first-order valence-electron chi connectivity index (χ1n) is 7.24. The van der Waals surface area contributed by atoms with Crippen molar-refractivity contribution in [1.82, 2.24) is 10.2 Å². The summed E-state index contributed by atoms with van der Waals surface area (Å²) in [5.41, 5.74) is 1.14. The fourth-order valence-electron chi connectivity index (χ4n) is 2.32. The van der Waals surface area contributed by atoms with Crippen LogP contribution in [0.1, 0.15) is 18.9 Å². The normalized spacial score (nSPS) is 16.4. The van der Waals surface area contributed by atoms with Crippen LogP contribution in [0.15, 0.2) is 12.1 Å². The molecule has 0 saturated carbocycles. The lowest BCUT2D eigenvalue weighted by Crippen LogP contribution is -2.44. The highest BCUT2D eigenvalue weighted by Gasteiger charge is 2.13. The minimum absolute atomic E-state index is 0.559. The number of benzene rings is 1. The second kappa shape index (κ2) is 8.08. The summed E-state index contributed by atoms with van der Waals surface area (Å²) in [7, 11) is 0. The van der Waals surface area contributed by atoms with Gasteiger partial charge >= 0.3 is 0 Å². The van der Waals surface area contributed by atoms with E-state index in [1.807, 2.05) is 12.1 Å². The summed E-state index contributed by atoms with van der Waals surface area (Å²) in [5.74, 6) is 0.872. The molecule has 1 fully saturated rings. The molecule has 0 radical (unpaired) electrons. The Morgan fingerprint density at radius 2 is 1.90 bits per heavy atom. The Kier molecular flexibility index (Phi) is 6.43. The predicted octanol–water partition coefficient (Wildman–Crippen LogP) is 3.23. The zero-order valence-corrected chi connectivity index (χ0v) is 13.4. The van der Waals surface area contributed by atoms with Gasteiger partial charge in [-0.25, -0.2) is 0 Å². The van der Waals surface area contributed by atoms with Gasteiger partial charge in [-0.05, 0) is 24.5 Å². The number of hydrogen-bond donors (Lipinski definition) is 1. The topological polar surface area (TPSA) is 24.5 Å². The van der Waals surface area contributed by atoms with Gasteiger partial charge in [0.2, 0.25) is 0 Å². The van der Waals surface area contributed by atoms with Gasteiger partial charge in [-0.2, -0.15) is 0 Å². The highest BCUT2D eigenvalue weighted by atomic mass is 35.5. The first kappa shape index (κ1) is 15.9. The molecule has 1 N–H and O–H groups in total. The quantitative estimate of drug-likeness (QED) is 0.872. The predicted molar refractivity (Wildman–Crippen MR) is 85.3 cm³/mol. The molecular formula is C15H22Cl2N2O. The summed E-state index contributed by atoms with van der Waals surface area (Å²) in [6, 6.07) is 3.78. The van der Waals surface area contributed by atoms with Gasteiger partial charge < -0.3 is 15.0 Å². The number of ether oxygens (including phenoxy) is 1. The van der Waals surface area contributed by atoms with Gasteiger partial charge in [0.05, 0.1) is 16.7 Å². The highest BCUT2D eigenvalue weighted by molar-refractivity contribution is 6.42. The maximum Gasteiger partial charge on any atom is 0.124 e. The van der Waals surface area contributed by atoms with E-state index in [0.29, 0.717) is 16.7 Å². The average molecular weight is 317 g/mol. The van der Waals surface area contributed by atoms with E-state index in [1.165, 1.54) is 0 Å². The van der Waals surface area contributed by atoms with Crippen LogP contribution < -0.4 is 10.1 Å². The number of nitrogens with zero attached hydrogens (tertiary/aromatic N) is 1. The molecule has 0 unspecified atom stereocenters. The van der Waals surface area contributed by atoms with Crippen LogP contribution >= 0.6 is 23.2 Å². The highest BCUT2D eigenvalue weighted by Crippen LogP contribution is 2.31. The van der Waals surface area contributed by atoms with Crippen LogP contribution in [0.3, 0.4) is 0 Å². The molecule has 0 aliphatic carbocycles. The van der Waals surface area contributed by atoms with Crippen molar-refractivity contribution in [3.63, 3.8) is 0 Å². The van der Waals surface area contributed by atoms with E-state index in [9.17, 15) is 0 Å². The fourth-order valence-corrected chi connectivity index (χ4v) is 2.66. The molecule has 0 bridgehead atoms. The Balaban J connectivity index is 2.01. The van der Waals surface area contributed by atoms with Crippen molar-refractivity contribution < 1.29 is 4.74 Å². The molecular weight excluding hydrogens is 295 g/mol. The Morgan fingerprint density at radius 3 is 2.60 bits per heavy atom.